The van der Waals surface area contributed by atoms with Gasteiger partial charge in [-0.2, -0.15) is 23.0 Å². The van der Waals surface area contributed by atoms with Gasteiger partial charge in [0.1, 0.15) is 0 Å². The lowest BCUT2D eigenvalue weighted by atomic mass is 10.1. The quantitative estimate of drug-likeness (QED) is 0.330. The highest BCUT2D eigenvalue weighted by molar-refractivity contribution is 6.32. The van der Waals surface area contributed by atoms with Crippen LogP contribution in [0.15, 0.2) is 72.8 Å². The molecule has 0 atom stereocenters. The van der Waals surface area contributed by atoms with Crippen molar-refractivity contribution in [3.63, 3.8) is 0 Å². The van der Waals surface area contributed by atoms with Gasteiger partial charge in [-0.25, -0.2) is 0 Å². The summed E-state index contributed by atoms with van der Waals surface area (Å²) >= 11 is 6.10. The van der Waals surface area contributed by atoms with E-state index in [1.165, 1.54) is 12.1 Å². The largest absolute Gasteiger partial charge is 0.467 e. The van der Waals surface area contributed by atoms with E-state index in [0.29, 0.717) is 13.1 Å². The number of carbonyl (C=O) groups excluding carboxylic acids is 1. The SMILES string of the molecule is O=C(COc1cc(C(F)(F)F)nn1-c1ccccc1Cl)NCCNc1cccc2ccccc12. The maximum atomic E-state index is 13.2. The van der Waals surface area contributed by atoms with Crippen molar-refractivity contribution in [1.82, 2.24) is 15.1 Å². The first-order valence-electron chi connectivity index (χ1n) is 10.4. The summed E-state index contributed by atoms with van der Waals surface area (Å²) in [4.78, 5) is 12.2. The van der Waals surface area contributed by atoms with Crippen LogP contribution in [0.1, 0.15) is 5.69 Å². The summed E-state index contributed by atoms with van der Waals surface area (Å²) in [6.45, 7) is 0.264. The number of fused-ring (bicyclic) bond motifs is 1. The van der Waals surface area contributed by atoms with E-state index in [1.54, 1.807) is 12.1 Å². The Balaban J connectivity index is 1.35. The first-order valence-corrected chi connectivity index (χ1v) is 10.7. The Morgan fingerprint density at radius 3 is 2.53 bits per heavy atom. The van der Waals surface area contributed by atoms with Crippen molar-refractivity contribution in [2.45, 2.75) is 6.18 Å². The van der Waals surface area contributed by atoms with Crippen LogP contribution in [0.4, 0.5) is 18.9 Å². The number of anilines is 1. The van der Waals surface area contributed by atoms with Gasteiger partial charge in [-0.05, 0) is 23.6 Å². The predicted molar refractivity (Wildman–Crippen MR) is 125 cm³/mol. The summed E-state index contributed by atoms with van der Waals surface area (Å²) in [5.74, 6) is -0.732. The number of ether oxygens (including phenoxy) is 1. The summed E-state index contributed by atoms with van der Waals surface area (Å²) in [5, 5.41) is 11.9. The molecule has 10 heteroatoms. The maximum Gasteiger partial charge on any atom is 0.435 e. The monoisotopic (exact) mass is 488 g/mol. The number of nitrogens with one attached hydrogen (secondary N) is 2. The highest BCUT2D eigenvalue weighted by Crippen LogP contribution is 2.33. The van der Waals surface area contributed by atoms with E-state index in [4.69, 9.17) is 16.3 Å². The van der Waals surface area contributed by atoms with E-state index in [-0.39, 0.29) is 16.6 Å². The van der Waals surface area contributed by atoms with E-state index in [2.05, 4.69) is 15.7 Å². The van der Waals surface area contributed by atoms with Gasteiger partial charge in [0.05, 0.1) is 10.7 Å². The minimum Gasteiger partial charge on any atom is -0.467 e. The zero-order valence-electron chi connectivity index (χ0n) is 17.8. The Morgan fingerprint density at radius 2 is 1.74 bits per heavy atom. The molecule has 0 radical (unpaired) electrons. The summed E-state index contributed by atoms with van der Waals surface area (Å²) in [7, 11) is 0. The zero-order chi connectivity index (χ0) is 24.1. The number of rotatable bonds is 8. The third-order valence-electron chi connectivity index (χ3n) is 4.95. The summed E-state index contributed by atoms with van der Waals surface area (Å²) in [5.41, 5.74) is -0.0107. The standard InChI is InChI=1S/C24H20ClF3N4O2/c25-18-9-3-4-11-20(18)32-23(14-21(31-32)24(26,27)28)34-15-22(33)30-13-12-29-19-10-5-7-16-6-1-2-8-17(16)19/h1-11,14,29H,12-13,15H2,(H,30,33). The van der Waals surface area contributed by atoms with Crippen molar-refractivity contribution in [2.24, 2.45) is 0 Å². The van der Waals surface area contributed by atoms with Gasteiger partial charge in [0.15, 0.2) is 12.3 Å². The molecule has 4 rings (SSSR count). The van der Waals surface area contributed by atoms with Crippen LogP contribution in [-0.2, 0) is 11.0 Å². The minimum atomic E-state index is -4.68. The molecule has 4 aromatic rings. The average Bonchev–Trinajstić information content (AvgIpc) is 3.25. The molecule has 0 unspecified atom stereocenters. The molecule has 0 aliphatic heterocycles. The van der Waals surface area contributed by atoms with Crippen LogP contribution in [0.25, 0.3) is 16.5 Å². The highest BCUT2D eigenvalue weighted by atomic mass is 35.5. The van der Waals surface area contributed by atoms with Crippen LogP contribution < -0.4 is 15.4 Å². The minimum absolute atomic E-state index is 0.188. The van der Waals surface area contributed by atoms with Crippen LogP contribution >= 0.6 is 11.6 Å². The number of benzene rings is 3. The Hall–Kier alpha value is -3.72. The van der Waals surface area contributed by atoms with Crippen LogP contribution in [0.2, 0.25) is 5.02 Å². The fourth-order valence-corrected chi connectivity index (χ4v) is 3.59. The smallest absolute Gasteiger partial charge is 0.435 e. The molecule has 0 saturated heterocycles. The van der Waals surface area contributed by atoms with E-state index >= 15 is 0 Å². The normalized spacial score (nSPS) is 11.4. The Kier molecular flexibility index (Phi) is 6.93. The molecule has 1 aromatic heterocycles. The Bertz CT molecular complexity index is 1300. The van der Waals surface area contributed by atoms with Crippen LogP contribution in [0, 0.1) is 0 Å². The topological polar surface area (TPSA) is 68.2 Å². The Morgan fingerprint density at radius 1 is 1.00 bits per heavy atom. The van der Waals surface area contributed by atoms with E-state index in [1.807, 2.05) is 42.5 Å². The number of hydrogen-bond acceptors (Lipinski definition) is 4. The lowest BCUT2D eigenvalue weighted by Gasteiger charge is -2.12. The van der Waals surface area contributed by atoms with Crippen LogP contribution in [0.5, 0.6) is 5.88 Å². The molecule has 0 fully saturated rings. The predicted octanol–water partition coefficient (Wildman–Crippen LogP) is 5.30. The lowest BCUT2D eigenvalue weighted by Crippen LogP contribution is -2.33. The molecule has 3 aromatic carbocycles. The van der Waals surface area contributed by atoms with Crippen molar-refractivity contribution >= 4 is 34.0 Å². The molecule has 0 spiro atoms. The van der Waals surface area contributed by atoms with Gasteiger partial charge in [0.25, 0.3) is 5.91 Å². The zero-order valence-corrected chi connectivity index (χ0v) is 18.5. The fraction of sp³-hybridized carbons (Fsp3) is 0.167. The number of aromatic nitrogens is 2. The number of carbonyl (C=O) groups is 1. The van der Waals surface area contributed by atoms with Gasteiger partial charge in [-0.3, -0.25) is 4.79 Å². The third-order valence-corrected chi connectivity index (χ3v) is 5.27. The second kappa shape index (κ2) is 10.0. The number of para-hydroxylation sites is 1. The average molecular weight is 489 g/mol. The molecular weight excluding hydrogens is 469 g/mol. The summed E-state index contributed by atoms with van der Waals surface area (Å²) < 4.78 is 45.9. The van der Waals surface area contributed by atoms with Crippen molar-refractivity contribution in [3.05, 3.63) is 83.5 Å². The van der Waals surface area contributed by atoms with Crippen LogP contribution in [-0.4, -0.2) is 35.4 Å². The van der Waals surface area contributed by atoms with Crippen molar-refractivity contribution in [3.8, 4) is 11.6 Å². The molecule has 6 nitrogen and oxygen atoms in total. The Labute approximate surface area is 198 Å². The van der Waals surface area contributed by atoms with E-state index in [9.17, 15) is 18.0 Å². The summed E-state index contributed by atoms with van der Waals surface area (Å²) in [6, 6.07) is 20.8. The first-order chi connectivity index (χ1) is 16.3. The van der Waals surface area contributed by atoms with Gasteiger partial charge in [-0.15, -0.1) is 0 Å². The van der Waals surface area contributed by atoms with Gasteiger partial charge in [0.2, 0.25) is 5.88 Å². The van der Waals surface area contributed by atoms with E-state index < -0.39 is 24.4 Å². The molecule has 1 heterocycles. The van der Waals surface area contributed by atoms with Crippen molar-refractivity contribution < 1.29 is 22.7 Å². The van der Waals surface area contributed by atoms with Gasteiger partial charge in [-0.1, -0.05) is 60.1 Å². The van der Waals surface area contributed by atoms with Crippen molar-refractivity contribution in [2.75, 3.05) is 25.0 Å². The molecule has 34 heavy (non-hydrogen) atoms. The number of amides is 1. The highest BCUT2D eigenvalue weighted by Gasteiger charge is 2.36. The maximum absolute atomic E-state index is 13.2. The lowest BCUT2D eigenvalue weighted by molar-refractivity contribution is -0.141. The van der Waals surface area contributed by atoms with Crippen molar-refractivity contribution in [1.29, 1.82) is 0 Å². The molecule has 0 bridgehead atoms. The number of halogens is 4. The molecule has 176 valence electrons. The summed E-state index contributed by atoms with van der Waals surface area (Å²) in [6.07, 6.45) is -4.68. The van der Waals surface area contributed by atoms with E-state index in [0.717, 1.165) is 27.2 Å². The number of alkyl halides is 3. The molecule has 0 saturated carbocycles. The fourth-order valence-electron chi connectivity index (χ4n) is 3.37. The molecule has 0 aliphatic rings. The van der Waals surface area contributed by atoms with Gasteiger partial charge in [0, 0.05) is 30.2 Å². The molecule has 1 amide bonds. The van der Waals surface area contributed by atoms with Gasteiger partial charge < -0.3 is 15.4 Å². The number of hydrogen-bond donors (Lipinski definition) is 2. The molecule has 2 N–H and O–H groups in total. The molecule has 0 aliphatic carbocycles. The first kappa shape index (κ1) is 23.4. The second-order valence-corrected chi connectivity index (χ2v) is 7.73. The number of nitrogens with zero attached hydrogens (tertiary/aromatic N) is 2. The van der Waals surface area contributed by atoms with Gasteiger partial charge >= 0.3 is 6.18 Å². The van der Waals surface area contributed by atoms with Crippen LogP contribution in [0.3, 0.4) is 0 Å². The third kappa shape index (κ3) is 5.43. The molecular formula is C24H20ClF3N4O2. The second-order valence-electron chi connectivity index (χ2n) is 7.32.